The first-order chi connectivity index (χ1) is 11.4. The number of aromatic nitrogens is 1. The Labute approximate surface area is 140 Å². The Kier molecular flexibility index (Phi) is 4.31. The minimum Gasteiger partial charge on any atom is -0.326 e. The molecule has 3 rings (SSSR count). The summed E-state index contributed by atoms with van der Waals surface area (Å²) in [5.74, 6) is -0.181. The van der Waals surface area contributed by atoms with Crippen LogP contribution < -0.4 is 5.32 Å². The summed E-state index contributed by atoms with van der Waals surface area (Å²) in [4.78, 5) is 16.7. The van der Waals surface area contributed by atoms with Crippen molar-refractivity contribution in [1.82, 2.24) is 4.98 Å². The zero-order valence-corrected chi connectivity index (χ0v) is 13.9. The molecule has 0 saturated carbocycles. The lowest BCUT2D eigenvalue weighted by Crippen LogP contribution is -2.14. The number of carbonyl (C=O) groups is 1. The minimum absolute atomic E-state index is 0.181. The molecule has 0 atom stereocenters. The largest absolute Gasteiger partial charge is 0.326 e. The molecule has 1 heterocycles. The molecular weight excluding hydrogens is 324 g/mol. The first kappa shape index (κ1) is 16.1. The van der Waals surface area contributed by atoms with Crippen molar-refractivity contribution in [1.29, 1.82) is 0 Å². The Balaban J connectivity index is 1.70. The summed E-state index contributed by atoms with van der Waals surface area (Å²) in [5, 5.41) is 3.74. The van der Waals surface area contributed by atoms with Crippen molar-refractivity contribution in [2.75, 3.05) is 11.6 Å². The van der Waals surface area contributed by atoms with Gasteiger partial charge in [-0.1, -0.05) is 18.2 Å². The summed E-state index contributed by atoms with van der Waals surface area (Å²) in [6.07, 6.45) is 3.04. The van der Waals surface area contributed by atoms with Crippen LogP contribution in [0.1, 0.15) is 5.56 Å². The third-order valence-electron chi connectivity index (χ3n) is 3.58. The Morgan fingerprint density at radius 3 is 2.50 bits per heavy atom. The zero-order chi connectivity index (χ0) is 17.2. The van der Waals surface area contributed by atoms with Crippen LogP contribution in [0, 0.1) is 0 Å². The topological polar surface area (TPSA) is 76.1 Å². The second kappa shape index (κ2) is 6.41. The quantitative estimate of drug-likeness (QED) is 0.792. The molecule has 0 unspecified atom stereocenters. The predicted molar refractivity (Wildman–Crippen MR) is 93.6 cm³/mol. The number of para-hydroxylation sites is 1. The van der Waals surface area contributed by atoms with Crippen LogP contribution in [0.25, 0.3) is 10.9 Å². The van der Waals surface area contributed by atoms with Crippen LogP contribution in [-0.2, 0) is 21.1 Å². The number of fused-ring (bicyclic) bond motifs is 1. The highest BCUT2D eigenvalue weighted by molar-refractivity contribution is 7.90. The summed E-state index contributed by atoms with van der Waals surface area (Å²) >= 11 is 0. The van der Waals surface area contributed by atoms with E-state index in [0.717, 1.165) is 22.7 Å². The summed E-state index contributed by atoms with van der Waals surface area (Å²) in [6, 6.07) is 15.8. The van der Waals surface area contributed by atoms with Crippen LogP contribution >= 0.6 is 0 Å². The number of pyridine rings is 1. The van der Waals surface area contributed by atoms with Gasteiger partial charge in [-0.15, -0.1) is 0 Å². The average Bonchev–Trinajstić information content (AvgIpc) is 2.54. The first-order valence-corrected chi connectivity index (χ1v) is 9.24. The van der Waals surface area contributed by atoms with Crippen molar-refractivity contribution in [2.45, 2.75) is 11.3 Å². The van der Waals surface area contributed by atoms with E-state index in [2.05, 4.69) is 10.3 Å². The van der Waals surface area contributed by atoms with Gasteiger partial charge in [0.15, 0.2) is 9.84 Å². The number of hydrogen-bond acceptors (Lipinski definition) is 4. The lowest BCUT2D eigenvalue weighted by Gasteiger charge is -2.07. The highest BCUT2D eigenvalue weighted by Crippen LogP contribution is 2.16. The van der Waals surface area contributed by atoms with Gasteiger partial charge in [-0.25, -0.2) is 8.42 Å². The van der Waals surface area contributed by atoms with Crippen LogP contribution in [0.15, 0.2) is 65.7 Å². The third kappa shape index (κ3) is 3.78. The van der Waals surface area contributed by atoms with Gasteiger partial charge < -0.3 is 5.32 Å². The molecular formula is C18H16N2O3S. The fraction of sp³-hybridized carbons (Fsp3) is 0.111. The maximum absolute atomic E-state index is 12.1. The molecule has 1 N–H and O–H groups in total. The van der Waals surface area contributed by atoms with Crippen molar-refractivity contribution in [3.05, 3.63) is 66.4 Å². The van der Waals surface area contributed by atoms with Gasteiger partial charge in [0.2, 0.25) is 5.91 Å². The van der Waals surface area contributed by atoms with Crippen molar-refractivity contribution in [3.8, 4) is 0 Å². The Morgan fingerprint density at radius 2 is 1.79 bits per heavy atom. The van der Waals surface area contributed by atoms with E-state index in [1.807, 2.05) is 30.3 Å². The highest BCUT2D eigenvalue weighted by Gasteiger charge is 2.08. The van der Waals surface area contributed by atoms with E-state index < -0.39 is 9.84 Å². The molecule has 0 aliphatic carbocycles. The Hall–Kier alpha value is -2.73. The van der Waals surface area contributed by atoms with E-state index in [0.29, 0.717) is 5.69 Å². The van der Waals surface area contributed by atoms with Gasteiger partial charge in [-0.3, -0.25) is 9.78 Å². The van der Waals surface area contributed by atoms with Crippen LogP contribution in [-0.4, -0.2) is 25.6 Å². The summed E-state index contributed by atoms with van der Waals surface area (Å²) in [7, 11) is -3.24. The van der Waals surface area contributed by atoms with Crippen molar-refractivity contribution < 1.29 is 13.2 Å². The van der Waals surface area contributed by atoms with Crippen LogP contribution in [0.3, 0.4) is 0 Å². The fourth-order valence-corrected chi connectivity index (χ4v) is 3.02. The van der Waals surface area contributed by atoms with Gasteiger partial charge in [0, 0.05) is 23.5 Å². The molecule has 5 nitrogen and oxygen atoms in total. The number of carbonyl (C=O) groups excluding carboxylic acids is 1. The summed E-state index contributed by atoms with van der Waals surface area (Å²) in [5.41, 5.74) is 2.26. The fourth-order valence-electron chi connectivity index (χ4n) is 2.39. The SMILES string of the molecule is CS(=O)(=O)c1ccc(NC(=O)Cc2cnc3ccccc3c2)cc1. The third-order valence-corrected chi connectivity index (χ3v) is 4.71. The van der Waals surface area contributed by atoms with Crippen LogP contribution in [0.2, 0.25) is 0 Å². The standard InChI is InChI=1S/C18H16N2O3S/c1-24(22,23)16-8-6-15(7-9-16)20-18(21)11-13-10-14-4-2-3-5-17(14)19-12-13/h2-10,12H,11H2,1H3,(H,20,21). The second-order valence-electron chi connectivity index (χ2n) is 5.56. The van der Waals surface area contributed by atoms with Gasteiger partial charge in [-0.05, 0) is 42.0 Å². The molecule has 0 saturated heterocycles. The van der Waals surface area contributed by atoms with Crippen molar-refractivity contribution in [2.24, 2.45) is 0 Å². The van der Waals surface area contributed by atoms with Gasteiger partial charge in [-0.2, -0.15) is 0 Å². The lowest BCUT2D eigenvalue weighted by atomic mass is 10.1. The predicted octanol–water partition coefficient (Wildman–Crippen LogP) is 2.82. The second-order valence-corrected chi connectivity index (χ2v) is 7.57. The van der Waals surface area contributed by atoms with Gasteiger partial charge >= 0.3 is 0 Å². The molecule has 2 aromatic carbocycles. The van der Waals surface area contributed by atoms with E-state index in [4.69, 9.17) is 0 Å². The number of rotatable bonds is 4. The highest BCUT2D eigenvalue weighted by atomic mass is 32.2. The smallest absolute Gasteiger partial charge is 0.228 e. The van der Waals surface area contributed by atoms with E-state index >= 15 is 0 Å². The molecule has 0 spiro atoms. The molecule has 122 valence electrons. The molecule has 3 aromatic rings. The van der Waals surface area contributed by atoms with E-state index in [1.165, 1.54) is 12.1 Å². The van der Waals surface area contributed by atoms with Gasteiger partial charge in [0.25, 0.3) is 0 Å². The molecule has 1 aromatic heterocycles. The number of nitrogens with one attached hydrogen (secondary N) is 1. The normalized spacial score (nSPS) is 11.4. The number of anilines is 1. The molecule has 0 radical (unpaired) electrons. The summed E-state index contributed by atoms with van der Waals surface area (Å²) < 4.78 is 22.8. The molecule has 0 fully saturated rings. The number of benzene rings is 2. The molecule has 24 heavy (non-hydrogen) atoms. The van der Waals surface area contributed by atoms with Crippen LogP contribution in [0.4, 0.5) is 5.69 Å². The van der Waals surface area contributed by atoms with Gasteiger partial charge in [0.05, 0.1) is 16.8 Å². The van der Waals surface area contributed by atoms with Crippen LogP contribution in [0.5, 0.6) is 0 Å². The molecule has 0 bridgehead atoms. The van der Waals surface area contributed by atoms with E-state index in [9.17, 15) is 13.2 Å². The maximum Gasteiger partial charge on any atom is 0.228 e. The zero-order valence-electron chi connectivity index (χ0n) is 13.1. The number of hydrogen-bond donors (Lipinski definition) is 1. The van der Waals surface area contributed by atoms with E-state index in [1.54, 1.807) is 18.3 Å². The number of sulfone groups is 1. The van der Waals surface area contributed by atoms with E-state index in [-0.39, 0.29) is 17.2 Å². The minimum atomic E-state index is -3.24. The molecule has 6 heteroatoms. The van der Waals surface area contributed by atoms with Crippen molar-refractivity contribution in [3.63, 3.8) is 0 Å². The monoisotopic (exact) mass is 340 g/mol. The molecule has 1 amide bonds. The Bertz CT molecular complexity index is 996. The average molecular weight is 340 g/mol. The van der Waals surface area contributed by atoms with Crippen molar-refractivity contribution >= 4 is 32.3 Å². The summed E-state index contributed by atoms with van der Waals surface area (Å²) in [6.45, 7) is 0. The lowest BCUT2D eigenvalue weighted by molar-refractivity contribution is -0.115. The van der Waals surface area contributed by atoms with Gasteiger partial charge in [0.1, 0.15) is 0 Å². The molecule has 0 aliphatic rings. The number of amides is 1. The maximum atomic E-state index is 12.1. The Morgan fingerprint density at radius 1 is 1.08 bits per heavy atom. The first-order valence-electron chi connectivity index (χ1n) is 7.35. The number of nitrogens with zero attached hydrogens (tertiary/aromatic N) is 1. The molecule has 0 aliphatic heterocycles.